The smallest absolute Gasteiger partial charge is 0.260 e. The van der Waals surface area contributed by atoms with Crippen LogP contribution < -0.4 is 0 Å². The van der Waals surface area contributed by atoms with Crippen LogP contribution >= 0.6 is 11.6 Å². The third kappa shape index (κ3) is 3.75. The maximum atomic E-state index is 12.9. The van der Waals surface area contributed by atoms with Crippen LogP contribution in [0.1, 0.15) is 12.8 Å². The van der Waals surface area contributed by atoms with Crippen molar-refractivity contribution in [2.75, 3.05) is 25.5 Å². The Labute approximate surface area is 81.5 Å². The summed E-state index contributed by atoms with van der Waals surface area (Å²) in [4.78, 5) is 1.57. The Morgan fingerprint density at radius 2 is 2.23 bits per heavy atom. The molecule has 2 nitrogen and oxygen atoms in total. The summed E-state index contributed by atoms with van der Waals surface area (Å²) in [6.07, 6.45) is -0.252. The molecule has 1 fully saturated rings. The largest absolute Gasteiger partial charge is 0.391 e. The maximum Gasteiger partial charge on any atom is 0.260 e. The van der Waals surface area contributed by atoms with Gasteiger partial charge in [0.15, 0.2) is 0 Å². The first-order chi connectivity index (χ1) is 6.03. The van der Waals surface area contributed by atoms with E-state index in [2.05, 4.69) is 0 Å². The molecule has 1 heterocycles. The van der Waals surface area contributed by atoms with E-state index in [1.807, 2.05) is 0 Å². The SMILES string of the molecule is OC(CCl)CN1CCCC(F)(F)C1. The van der Waals surface area contributed by atoms with Crippen molar-refractivity contribution in [3.63, 3.8) is 0 Å². The van der Waals surface area contributed by atoms with Gasteiger partial charge in [-0.05, 0) is 13.0 Å². The van der Waals surface area contributed by atoms with E-state index in [9.17, 15) is 8.78 Å². The van der Waals surface area contributed by atoms with Crippen LogP contribution in [0.2, 0.25) is 0 Å². The number of likely N-dealkylation sites (tertiary alicyclic amines) is 1. The van der Waals surface area contributed by atoms with Gasteiger partial charge in [0.25, 0.3) is 5.92 Å². The molecule has 0 saturated carbocycles. The fourth-order valence-electron chi connectivity index (χ4n) is 1.55. The molecule has 0 aromatic heterocycles. The molecule has 0 amide bonds. The zero-order valence-electron chi connectivity index (χ0n) is 7.35. The molecule has 0 radical (unpaired) electrons. The van der Waals surface area contributed by atoms with Crippen molar-refractivity contribution < 1.29 is 13.9 Å². The zero-order chi connectivity index (χ0) is 9.90. The first kappa shape index (κ1) is 11.1. The summed E-state index contributed by atoms with van der Waals surface area (Å²) >= 11 is 5.38. The molecule has 0 spiro atoms. The van der Waals surface area contributed by atoms with Gasteiger partial charge in [-0.15, -0.1) is 11.6 Å². The van der Waals surface area contributed by atoms with E-state index in [1.165, 1.54) is 0 Å². The Morgan fingerprint density at radius 3 is 2.77 bits per heavy atom. The Morgan fingerprint density at radius 1 is 1.54 bits per heavy atom. The number of piperidine rings is 1. The minimum atomic E-state index is -2.59. The van der Waals surface area contributed by atoms with Crippen molar-refractivity contribution in [3.8, 4) is 0 Å². The monoisotopic (exact) mass is 213 g/mol. The highest BCUT2D eigenvalue weighted by atomic mass is 35.5. The van der Waals surface area contributed by atoms with Gasteiger partial charge in [0.05, 0.1) is 12.6 Å². The van der Waals surface area contributed by atoms with E-state index in [1.54, 1.807) is 4.90 Å². The molecule has 0 aromatic carbocycles. The predicted octanol–water partition coefficient (Wildman–Crippen LogP) is 1.32. The fraction of sp³-hybridized carbons (Fsp3) is 1.00. The second kappa shape index (κ2) is 4.53. The summed E-state index contributed by atoms with van der Waals surface area (Å²) in [6, 6.07) is 0. The van der Waals surface area contributed by atoms with Crippen LogP contribution in [-0.2, 0) is 0 Å². The number of β-amino-alcohol motifs (C(OH)–C–C–N with tert-alkyl or cyclic N) is 1. The normalized spacial score (nSPS) is 25.8. The van der Waals surface area contributed by atoms with E-state index in [4.69, 9.17) is 16.7 Å². The number of aliphatic hydroxyl groups is 1. The Kier molecular flexibility index (Phi) is 3.88. The van der Waals surface area contributed by atoms with Crippen LogP contribution in [0.25, 0.3) is 0 Å². The summed E-state index contributed by atoms with van der Waals surface area (Å²) in [7, 11) is 0. The lowest BCUT2D eigenvalue weighted by Crippen LogP contribution is -2.45. The molecule has 78 valence electrons. The molecule has 1 atom stereocenters. The van der Waals surface area contributed by atoms with E-state index in [0.717, 1.165) is 0 Å². The maximum absolute atomic E-state index is 12.9. The number of halogens is 3. The summed E-state index contributed by atoms with van der Waals surface area (Å²) in [5, 5.41) is 9.16. The van der Waals surface area contributed by atoms with Gasteiger partial charge in [-0.3, -0.25) is 4.90 Å². The van der Waals surface area contributed by atoms with Gasteiger partial charge in [-0.1, -0.05) is 0 Å². The van der Waals surface area contributed by atoms with Crippen LogP contribution in [-0.4, -0.2) is 47.5 Å². The molecule has 5 heteroatoms. The highest BCUT2D eigenvalue weighted by molar-refractivity contribution is 6.18. The highest BCUT2D eigenvalue weighted by Crippen LogP contribution is 2.26. The molecule has 13 heavy (non-hydrogen) atoms. The quantitative estimate of drug-likeness (QED) is 0.715. The minimum absolute atomic E-state index is 0.0412. The van der Waals surface area contributed by atoms with Gasteiger partial charge in [-0.2, -0.15) is 0 Å². The number of nitrogens with zero attached hydrogens (tertiary/aromatic N) is 1. The summed E-state index contributed by atoms with van der Waals surface area (Å²) in [5.74, 6) is -2.49. The molecule has 1 saturated heterocycles. The number of alkyl halides is 3. The molecular weight excluding hydrogens is 200 g/mol. The van der Waals surface area contributed by atoms with Crippen LogP contribution in [0.5, 0.6) is 0 Å². The first-order valence-electron chi connectivity index (χ1n) is 4.38. The lowest BCUT2D eigenvalue weighted by atomic mass is 10.1. The molecule has 1 unspecified atom stereocenters. The topological polar surface area (TPSA) is 23.5 Å². The van der Waals surface area contributed by atoms with Gasteiger partial charge in [0.1, 0.15) is 0 Å². The average molecular weight is 214 g/mol. The lowest BCUT2D eigenvalue weighted by Gasteiger charge is -2.33. The van der Waals surface area contributed by atoms with E-state index >= 15 is 0 Å². The van der Waals surface area contributed by atoms with Crippen LogP contribution in [0.4, 0.5) is 8.78 Å². The Hall–Kier alpha value is 0.0700. The zero-order valence-corrected chi connectivity index (χ0v) is 8.10. The number of hydrogen-bond acceptors (Lipinski definition) is 2. The van der Waals surface area contributed by atoms with Crippen molar-refractivity contribution in [1.82, 2.24) is 4.90 Å². The van der Waals surface area contributed by atoms with Crippen LogP contribution in [0.15, 0.2) is 0 Å². The third-order valence-corrected chi connectivity index (χ3v) is 2.48. The second-order valence-corrected chi connectivity index (χ2v) is 3.81. The van der Waals surface area contributed by atoms with Gasteiger partial charge < -0.3 is 5.11 Å². The van der Waals surface area contributed by atoms with Crippen LogP contribution in [0.3, 0.4) is 0 Å². The predicted molar refractivity (Wildman–Crippen MR) is 47.3 cm³/mol. The molecule has 1 aliphatic rings. The summed E-state index contributed by atoms with van der Waals surface area (Å²) < 4.78 is 25.7. The highest BCUT2D eigenvalue weighted by Gasteiger charge is 2.35. The third-order valence-electron chi connectivity index (χ3n) is 2.12. The minimum Gasteiger partial charge on any atom is -0.391 e. The fourth-order valence-corrected chi connectivity index (χ4v) is 1.65. The van der Waals surface area contributed by atoms with Crippen molar-refractivity contribution in [3.05, 3.63) is 0 Å². The van der Waals surface area contributed by atoms with Gasteiger partial charge >= 0.3 is 0 Å². The Bertz CT molecular complexity index is 168. The van der Waals surface area contributed by atoms with E-state index < -0.39 is 12.0 Å². The van der Waals surface area contributed by atoms with Gasteiger partial charge in [-0.25, -0.2) is 8.78 Å². The van der Waals surface area contributed by atoms with Crippen molar-refractivity contribution in [2.45, 2.75) is 24.9 Å². The van der Waals surface area contributed by atoms with E-state index in [-0.39, 0.29) is 25.4 Å². The van der Waals surface area contributed by atoms with Crippen LogP contribution in [0, 0.1) is 0 Å². The molecule has 0 aliphatic carbocycles. The molecule has 1 rings (SSSR count). The van der Waals surface area contributed by atoms with Gasteiger partial charge in [0, 0.05) is 18.8 Å². The van der Waals surface area contributed by atoms with Crippen molar-refractivity contribution in [2.24, 2.45) is 0 Å². The number of aliphatic hydroxyl groups excluding tert-OH is 1. The molecule has 0 bridgehead atoms. The Balaban J connectivity index is 2.34. The van der Waals surface area contributed by atoms with Gasteiger partial charge in [0.2, 0.25) is 0 Å². The first-order valence-corrected chi connectivity index (χ1v) is 4.91. The second-order valence-electron chi connectivity index (χ2n) is 3.50. The van der Waals surface area contributed by atoms with Crippen molar-refractivity contribution >= 4 is 11.6 Å². The number of hydrogen-bond donors (Lipinski definition) is 1. The number of rotatable bonds is 3. The molecule has 0 aromatic rings. The lowest BCUT2D eigenvalue weighted by molar-refractivity contribution is -0.0703. The van der Waals surface area contributed by atoms with Crippen molar-refractivity contribution in [1.29, 1.82) is 0 Å². The standard InChI is InChI=1S/C8H14ClF2NO/c9-4-7(13)5-12-3-1-2-8(10,11)6-12/h7,13H,1-6H2. The van der Waals surface area contributed by atoms with E-state index in [0.29, 0.717) is 13.0 Å². The molecular formula is C8H14ClF2NO. The summed E-state index contributed by atoms with van der Waals surface area (Å²) in [6.45, 7) is 0.629. The summed E-state index contributed by atoms with van der Waals surface area (Å²) in [5.41, 5.74) is 0. The molecule has 1 aliphatic heterocycles. The average Bonchev–Trinajstić information content (AvgIpc) is 2.02. The molecule has 1 N–H and O–H groups in total.